The second-order valence-corrected chi connectivity index (χ2v) is 8.54. The van der Waals surface area contributed by atoms with Crippen LogP contribution >= 0.6 is 0 Å². The maximum absolute atomic E-state index is 12.9. The van der Waals surface area contributed by atoms with Crippen LogP contribution in [0.4, 0.5) is 11.4 Å². The lowest BCUT2D eigenvalue weighted by molar-refractivity contribution is -0.305. The number of rotatable bonds is 10. The van der Waals surface area contributed by atoms with Crippen LogP contribution < -0.4 is 15.7 Å². The molecular weight excluding hydrogens is 370 g/mol. The molecule has 0 saturated carbocycles. The number of hydrogen-bond donors (Lipinski definition) is 2. The normalized spacial score (nSPS) is 16.7. The highest BCUT2D eigenvalue weighted by Gasteiger charge is 2.27. The Bertz CT molecular complexity index is 733. The maximum atomic E-state index is 12.9. The van der Waals surface area contributed by atoms with Crippen molar-refractivity contribution in [3.63, 3.8) is 0 Å². The molecule has 1 heterocycles. The Balaban J connectivity index is 2.25. The van der Waals surface area contributed by atoms with Gasteiger partial charge in [-0.3, -0.25) is 0 Å². The summed E-state index contributed by atoms with van der Waals surface area (Å²) >= 11 is 0. The van der Waals surface area contributed by atoms with Crippen molar-refractivity contribution in [3.8, 4) is 0 Å². The zero-order valence-electron chi connectivity index (χ0n) is 15.9. The van der Waals surface area contributed by atoms with Crippen LogP contribution in [0.15, 0.2) is 23.1 Å². The number of aliphatic carboxylic acids is 1. The highest BCUT2D eigenvalue weighted by Crippen LogP contribution is 2.28. The third-order valence-electron chi connectivity index (χ3n) is 4.35. The number of hydrogen-bond acceptors (Lipinski definition) is 7. The molecule has 27 heavy (non-hydrogen) atoms. The molecule has 0 spiro atoms. The molecule has 0 aliphatic carbocycles. The van der Waals surface area contributed by atoms with Crippen molar-refractivity contribution in [2.24, 2.45) is 0 Å². The first-order valence-corrected chi connectivity index (χ1v) is 10.7. The molecule has 0 unspecified atom stereocenters. The summed E-state index contributed by atoms with van der Waals surface area (Å²) in [6.07, 6.45) is 1.25. The van der Waals surface area contributed by atoms with Gasteiger partial charge in [-0.2, -0.15) is 4.31 Å². The van der Waals surface area contributed by atoms with Gasteiger partial charge in [0.2, 0.25) is 10.0 Å². The van der Waals surface area contributed by atoms with Crippen LogP contribution in [0, 0.1) is 0 Å². The molecule has 1 saturated heterocycles. The van der Waals surface area contributed by atoms with E-state index in [1.807, 2.05) is 13.8 Å². The SMILES string of the molecule is CCCNc1ccc(S(=O)(=O)N2CCOCC2)cc1N[C@@H](C)CCC(=O)[O-]. The molecule has 1 aromatic carbocycles. The van der Waals surface area contributed by atoms with E-state index in [0.29, 0.717) is 38.4 Å². The van der Waals surface area contributed by atoms with Crippen molar-refractivity contribution in [1.82, 2.24) is 4.31 Å². The first-order chi connectivity index (χ1) is 12.8. The number of morpholine rings is 1. The molecule has 8 nitrogen and oxygen atoms in total. The number of sulfonamides is 1. The second-order valence-electron chi connectivity index (χ2n) is 6.61. The van der Waals surface area contributed by atoms with Gasteiger partial charge in [0.15, 0.2) is 0 Å². The van der Waals surface area contributed by atoms with Gasteiger partial charge in [-0.05, 0) is 44.4 Å². The predicted octanol–water partition coefficient (Wildman–Crippen LogP) is 0.860. The van der Waals surface area contributed by atoms with Gasteiger partial charge >= 0.3 is 0 Å². The minimum atomic E-state index is -3.60. The smallest absolute Gasteiger partial charge is 0.243 e. The second kappa shape index (κ2) is 9.91. The maximum Gasteiger partial charge on any atom is 0.243 e. The molecule has 0 aromatic heterocycles. The average Bonchev–Trinajstić information content (AvgIpc) is 2.66. The molecule has 0 amide bonds. The van der Waals surface area contributed by atoms with Crippen LogP contribution in [-0.4, -0.2) is 57.6 Å². The Morgan fingerprint density at radius 2 is 2.00 bits per heavy atom. The Labute approximate surface area is 160 Å². The lowest BCUT2D eigenvalue weighted by Crippen LogP contribution is -2.40. The van der Waals surface area contributed by atoms with Crippen LogP contribution in [0.3, 0.4) is 0 Å². The number of benzene rings is 1. The van der Waals surface area contributed by atoms with E-state index in [4.69, 9.17) is 4.74 Å². The molecule has 2 N–H and O–H groups in total. The Morgan fingerprint density at radius 3 is 2.63 bits per heavy atom. The van der Waals surface area contributed by atoms with Crippen molar-refractivity contribution < 1.29 is 23.1 Å². The van der Waals surface area contributed by atoms with E-state index in [0.717, 1.165) is 18.7 Å². The predicted molar refractivity (Wildman–Crippen MR) is 102 cm³/mol. The highest BCUT2D eigenvalue weighted by molar-refractivity contribution is 7.89. The molecule has 1 atom stereocenters. The number of carbonyl (C=O) groups excluding carboxylic acids is 1. The fourth-order valence-electron chi connectivity index (χ4n) is 2.83. The first-order valence-electron chi connectivity index (χ1n) is 9.26. The molecule has 1 aliphatic heterocycles. The van der Waals surface area contributed by atoms with Gasteiger partial charge in [-0.1, -0.05) is 6.92 Å². The third kappa shape index (κ3) is 6.08. The van der Waals surface area contributed by atoms with Gasteiger partial charge in [0, 0.05) is 31.6 Å². The monoisotopic (exact) mass is 398 g/mol. The molecule has 1 aliphatic rings. The Kier molecular flexibility index (Phi) is 7.88. The zero-order chi connectivity index (χ0) is 19.9. The van der Waals surface area contributed by atoms with Gasteiger partial charge in [-0.15, -0.1) is 0 Å². The third-order valence-corrected chi connectivity index (χ3v) is 6.24. The van der Waals surface area contributed by atoms with Crippen LogP contribution in [-0.2, 0) is 19.6 Å². The fourth-order valence-corrected chi connectivity index (χ4v) is 4.26. The summed E-state index contributed by atoms with van der Waals surface area (Å²) in [4.78, 5) is 10.9. The fraction of sp³-hybridized carbons (Fsp3) is 0.611. The molecule has 1 fully saturated rings. The Hall–Kier alpha value is -1.84. The van der Waals surface area contributed by atoms with Crippen LogP contribution in [0.2, 0.25) is 0 Å². The summed E-state index contributed by atoms with van der Waals surface area (Å²) in [6.45, 7) is 6.10. The van der Waals surface area contributed by atoms with E-state index in [2.05, 4.69) is 10.6 Å². The van der Waals surface area contributed by atoms with E-state index in [1.165, 1.54) is 4.31 Å². The van der Waals surface area contributed by atoms with Crippen molar-refractivity contribution in [2.45, 2.75) is 44.0 Å². The molecular formula is C18H28N3O5S-. The van der Waals surface area contributed by atoms with Gasteiger partial charge < -0.3 is 25.3 Å². The van der Waals surface area contributed by atoms with E-state index in [9.17, 15) is 18.3 Å². The lowest BCUT2D eigenvalue weighted by Gasteiger charge is -2.27. The summed E-state index contributed by atoms with van der Waals surface area (Å²) in [7, 11) is -3.60. The molecule has 0 radical (unpaired) electrons. The number of ether oxygens (including phenoxy) is 1. The van der Waals surface area contributed by atoms with Gasteiger partial charge in [0.25, 0.3) is 0 Å². The summed E-state index contributed by atoms with van der Waals surface area (Å²) in [5, 5.41) is 17.2. The van der Waals surface area contributed by atoms with E-state index >= 15 is 0 Å². The number of carboxylic acids is 1. The summed E-state index contributed by atoms with van der Waals surface area (Å²) < 4.78 is 32.5. The van der Waals surface area contributed by atoms with Crippen molar-refractivity contribution in [1.29, 1.82) is 0 Å². The lowest BCUT2D eigenvalue weighted by atomic mass is 10.1. The minimum Gasteiger partial charge on any atom is -0.550 e. The largest absolute Gasteiger partial charge is 0.550 e. The van der Waals surface area contributed by atoms with Crippen molar-refractivity contribution >= 4 is 27.4 Å². The Morgan fingerprint density at radius 1 is 1.30 bits per heavy atom. The number of carboxylic acid groups (broad SMARTS) is 1. The molecule has 152 valence electrons. The quantitative estimate of drug-likeness (QED) is 0.601. The topological polar surface area (TPSA) is 111 Å². The summed E-state index contributed by atoms with van der Waals surface area (Å²) in [5.41, 5.74) is 1.43. The van der Waals surface area contributed by atoms with E-state index < -0.39 is 16.0 Å². The van der Waals surface area contributed by atoms with Gasteiger partial charge in [0.1, 0.15) is 0 Å². The van der Waals surface area contributed by atoms with Crippen molar-refractivity contribution in [3.05, 3.63) is 18.2 Å². The summed E-state index contributed by atoms with van der Waals surface area (Å²) in [5.74, 6) is -1.10. The number of anilines is 2. The first kappa shape index (κ1) is 21.5. The summed E-state index contributed by atoms with van der Waals surface area (Å²) in [6, 6.07) is 4.81. The zero-order valence-corrected chi connectivity index (χ0v) is 16.7. The average molecular weight is 399 g/mol. The van der Waals surface area contributed by atoms with Crippen LogP contribution in [0.1, 0.15) is 33.1 Å². The number of carbonyl (C=O) groups is 1. The molecule has 1 aromatic rings. The minimum absolute atomic E-state index is 0.0579. The van der Waals surface area contributed by atoms with E-state index in [1.54, 1.807) is 18.2 Å². The van der Waals surface area contributed by atoms with E-state index in [-0.39, 0.29) is 17.4 Å². The van der Waals surface area contributed by atoms with Crippen molar-refractivity contribution in [2.75, 3.05) is 43.5 Å². The van der Waals surface area contributed by atoms with Crippen LogP contribution in [0.5, 0.6) is 0 Å². The van der Waals surface area contributed by atoms with Gasteiger partial charge in [0.05, 0.1) is 29.5 Å². The van der Waals surface area contributed by atoms with Gasteiger partial charge in [-0.25, -0.2) is 8.42 Å². The standard InChI is InChI=1S/C18H29N3O5S/c1-3-8-19-16-6-5-15(27(24,25)21-9-11-26-12-10-21)13-17(16)20-14(2)4-7-18(22)23/h5-6,13-14,19-20H,3-4,7-12H2,1-2H3,(H,22,23)/p-1/t14-/m0/s1. The van der Waals surface area contributed by atoms with Crippen LogP contribution in [0.25, 0.3) is 0 Å². The number of nitrogens with one attached hydrogen (secondary N) is 2. The number of nitrogens with zero attached hydrogens (tertiary/aromatic N) is 1. The molecule has 0 bridgehead atoms. The molecule has 2 rings (SSSR count). The molecule has 9 heteroatoms. The highest BCUT2D eigenvalue weighted by atomic mass is 32.2.